The maximum Gasteiger partial charge on any atom is 0.227 e. The van der Waals surface area contributed by atoms with Crippen LogP contribution in [0.5, 0.6) is 0 Å². The van der Waals surface area contributed by atoms with E-state index in [-0.39, 0.29) is 18.6 Å². The molecule has 6 nitrogen and oxygen atoms in total. The van der Waals surface area contributed by atoms with Crippen molar-refractivity contribution in [3.63, 3.8) is 0 Å². The van der Waals surface area contributed by atoms with Gasteiger partial charge in [-0.1, -0.05) is 37.6 Å². The van der Waals surface area contributed by atoms with Gasteiger partial charge in [-0.05, 0) is 42.4 Å². The summed E-state index contributed by atoms with van der Waals surface area (Å²) < 4.78 is 12.5. The molecular formula is C22H29ClN4O2S. The van der Waals surface area contributed by atoms with E-state index in [9.17, 15) is 9.32 Å². The van der Waals surface area contributed by atoms with Gasteiger partial charge in [-0.15, -0.1) is 0 Å². The average Bonchev–Trinajstić information content (AvgIpc) is 3.13. The molecule has 162 valence electrons. The van der Waals surface area contributed by atoms with Crippen LogP contribution in [0.25, 0.3) is 0 Å². The Morgan fingerprint density at radius 2 is 1.93 bits per heavy atom. The highest BCUT2D eigenvalue weighted by atomic mass is 35.5. The zero-order valence-corrected chi connectivity index (χ0v) is 19.0. The predicted octanol–water partition coefficient (Wildman–Crippen LogP) is 3.61. The summed E-state index contributed by atoms with van der Waals surface area (Å²) in [7, 11) is -1.09. The van der Waals surface area contributed by atoms with E-state index in [4.69, 9.17) is 21.6 Å². The fourth-order valence-electron chi connectivity index (χ4n) is 4.17. The first-order valence-electron chi connectivity index (χ1n) is 10.6. The van der Waals surface area contributed by atoms with Gasteiger partial charge in [-0.25, -0.2) is 4.98 Å². The topological polar surface area (TPSA) is 78.3 Å². The Morgan fingerprint density at radius 1 is 1.23 bits per heavy atom. The number of aliphatic hydroxyl groups is 1. The third-order valence-corrected chi connectivity index (χ3v) is 7.83. The average molecular weight is 449 g/mol. The summed E-state index contributed by atoms with van der Waals surface area (Å²) in [6, 6.07) is 8.01. The molecular weight excluding hydrogens is 420 g/mol. The van der Waals surface area contributed by atoms with E-state index in [0.717, 1.165) is 36.6 Å². The molecule has 0 radical (unpaired) electrons. The highest BCUT2D eigenvalue weighted by molar-refractivity contribution is 7.85. The molecule has 2 aliphatic rings. The molecule has 0 amide bonds. The first-order chi connectivity index (χ1) is 14.5. The van der Waals surface area contributed by atoms with Crippen molar-refractivity contribution in [3.8, 4) is 0 Å². The zero-order chi connectivity index (χ0) is 21.3. The van der Waals surface area contributed by atoms with Crippen LogP contribution >= 0.6 is 11.6 Å². The molecule has 30 heavy (non-hydrogen) atoms. The highest BCUT2D eigenvalue weighted by Gasteiger charge is 2.30. The molecule has 1 unspecified atom stereocenters. The third kappa shape index (κ3) is 4.48. The number of aromatic nitrogens is 2. The summed E-state index contributed by atoms with van der Waals surface area (Å²) >= 11 is 6.02. The van der Waals surface area contributed by atoms with Gasteiger partial charge in [0.2, 0.25) is 5.95 Å². The fourth-order valence-corrected chi connectivity index (χ4v) is 5.61. The molecule has 0 saturated carbocycles. The van der Waals surface area contributed by atoms with E-state index >= 15 is 0 Å². The van der Waals surface area contributed by atoms with E-state index in [1.165, 1.54) is 5.56 Å². The van der Waals surface area contributed by atoms with Gasteiger partial charge in [0.1, 0.15) is 10.7 Å². The maximum absolute atomic E-state index is 12.5. The van der Waals surface area contributed by atoms with Crippen LogP contribution in [0.15, 0.2) is 29.2 Å². The van der Waals surface area contributed by atoms with Gasteiger partial charge in [0.15, 0.2) is 0 Å². The van der Waals surface area contributed by atoms with Gasteiger partial charge in [0.25, 0.3) is 0 Å². The number of nitrogens with zero attached hydrogens (tertiary/aromatic N) is 3. The third-order valence-electron chi connectivity index (χ3n) is 6.12. The van der Waals surface area contributed by atoms with Crippen molar-refractivity contribution >= 4 is 34.2 Å². The number of nitrogens with one attached hydrogen (secondary N) is 1. The lowest BCUT2D eigenvalue weighted by molar-refractivity contribution is 0.249. The minimum Gasteiger partial charge on any atom is -0.394 e. The van der Waals surface area contributed by atoms with E-state index in [0.29, 0.717) is 34.8 Å². The molecule has 1 saturated heterocycles. The molecule has 8 heteroatoms. The number of piperidine rings is 1. The lowest BCUT2D eigenvalue weighted by Crippen LogP contribution is -2.35. The number of fused-ring (bicyclic) bond motifs is 1. The lowest BCUT2D eigenvalue weighted by Gasteiger charge is -2.33. The summed E-state index contributed by atoms with van der Waals surface area (Å²) in [6.07, 6.45) is 2.77. The Labute approximate surface area is 185 Å². The molecule has 2 aliphatic heterocycles. The molecule has 1 fully saturated rings. The normalized spacial score (nSPS) is 20.4. The standard InChI is InChI=1S/C22H29ClN4O2S/c1-14(2)19(13-28)24-21-20-18(9-12-30(20)29)25-22(26-21)27-10-7-16(8-11-27)15-3-5-17(23)6-4-15/h3-6,14,16,19,28H,7-13H2,1-2H3,(H,24,25,26)/t19?,30-/m1/s1. The van der Waals surface area contributed by atoms with Crippen LogP contribution in [-0.2, 0) is 17.2 Å². The summed E-state index contributed by atoms with van der Waals surface area (Å²) in [5.74, 6) is 2.65. The number of halogens is 1. The number of anilines is 2. The van der Waals surface area contributed by atoms with Crippen LogP contribution in [0.4, 0.5) is 11.8 Å². The van der Waals surface area contributed by atoms with Gasteiger partial charge in [-0.3, -0.25) is 4.21 Å². The van der Waals surface area contributed by atoms with Crippen molar-refractivity contribution in [1.82, 2.24) is 9.97 Å². The first-order valence-corrected chi connectivity index (χ1v) is 12.3. The molecule has 1 aromatic carbocycles. The largest absolute Gasteiger partial charge is 0.394 e. The monoisotopic (exact) mass is 448 g/mol. The first kappa shape index (κ1) is 21.5. The second kappa shape index (κ2) is 9.20. The second-order valence-corrected chi connectivity index (χ2v) is 10.4. The van der Waals surface area contributed by atoms with Crippen LogP contribution in [0.2, 0.25) is 5.02 Å². The van der Waals surface area contributed by atoms with Gasteiger partial charge < -0.3 is 15.3 Å². The number of hydrogen-bond donors (Lipinski definition) is 2. The Morgan fingerprint density at radius 3 is 2.57 bits per heavy atom. The summed E-state index contributed by atoms with van der Waals surface area (Å²) in [5.41, 5.74) is 2.20. The smallest absolute Gasteiger partial charge is 0.227 e. The Bertz CT molecular complexity index is 914. The summed E-state index contributed by atoms with van der Waals surface area (Å²) in [6.45, 7) is 5.86. The van der Waals surface area contributed by atoms with Crippen LogP contribution in [0.3, 0.4) is 0 Å². The van der Waals surface area contributed by atoms with Crippen molar-refractivity contribution in [2.45, 2.75) is 50.0 Å². The molecule has 3 heterocycles. The van der Waals surface area contributed by atoms with Crippen LogP contribution in [-0.4, -0.2) is 50.8 Å². The molecule has 1 aromatic heterocycles. The summed E-state index contributed by atoms with van der Waals surface area (Å²) in [4.78, 5) is 12.5. The Balaban J connectivity index is 1.54. The van der Waals surface area contributed by atoms with Crippen LogP contribution < -0.4 is 10.2 Å². The summed E-state index contributed by atoms with van der Waals surface area (Å²) in [5, 5.41) is 13.9. The van der Waals surface area contributed by atoms with E-state index in [1.54, 1.807) is 0 Å². The van der Waals surface area contributed by atoms with Crippen molar-refractivity contribution in [2.75, 3.05) is 35.7 Å². The van der Waals surface area contributed by atoms with Gasteiger partial charge in [-0.2, -0.15) is 4.98 Å². The van der Waals surface area contributed by atoms with Crippen molar-refractivity contribution in [3.05, 3.63) is 40.5 Å². The zero-order valence-electron chi connectivity index (χ0n) is 17.5. The molecule has 0 spiro atoms. The van der Waals surface area contributed by atoms with Gasteiger partial charge >= 0.3 is 0 Å². The molecule has 2 atom stereocenters. The SMILES string of the molecule is CC(C)C(CO)Nc1nc(N2CCC(c3ccc(Cl)cc3)CC2)nc2c1[S@](=O)CC2. The number of aryl methyl sites for hydroxylation is 1. The van der Waals surface area contributed by atoms with E-state index < -0.39 is 10.8 Å². The fraction of sp³-hybridized carbons (Fsp3) is 0.545. The molecule has 4 rings (SSSR count). The number of aliphatic hydroxyl groups excluding tert-OH is 1. The Kier molecular flexibility index (Phi) is 6.60. The lowest BCUT2D eigenvalue weighted by atomic mass is 9.89. The van der Waals surface area contributed by atoms with E-state index in [1.807, 2.05) is 12.1 Å². The Hall–Kier alpha value is -1.70. The number of hydrogen-bond acceptors (Lipinski definition) is 6. The van der Waals surface area contributed by atoms with Crippen LogP contribution in [0.1, 0.15) is 43.9 Å². The van der Waals surface area contributed by atoms with Gasteiger partial charge in [0.05, 0.1) is 29.1 Å². The molecule has 2 aromatic rings. The van der Waals surface area contributed by atoms with E-state index in [2.05, 4.69) is 36.2 Å². The molecule has 0 aliphatic carbocycles. The van der Waals surface area contributed by atoms with Gasteiger partial charge in [0, 0.05) is 30.3 Å². The number of benzene rings is 1. The molecule has 0 bridgehead atoms. The minimum atomic E-state index is -1.09. The second-order valence-electron chi connectivity index (χ2n) is 8.44. The number of rotatable bonds is 6. The quantitative estimate of drug-likeness (QED) is 0.702. The highest BCUT2D eigenvalue weighted by Crippen LogP contribution is 2.34. The molecule has 2 N–H and O–H groups in total. The minimum absolute atomic E-state index is 0.00486. The predicted molar refractivity (Wildman–Crippen MR) is 122 cm³/mol. The van der Waals surface area contributed by atoms with Crippen molar-refractivity contribution < 1.29 is 9.32 Å². The maximum atomic E-state index is 12.5. The van der Waals surface area contributed by atoms with Crippen molar-refractivity contribution in [1.29, 1.82) is 0 Å². The van der Waals surface area contributed by atoms with Crippen LogP contribution in [0, 0.1) is 5.92 Å². The van der Waals surface area contributed by atoms with Crippen molar-refractivity contribution in [2.24, 2.45) is 5.92 Å².